The number of hydrogen-bond donors (Lipinski definition) is 12. The Balaban J connectivity index is 0.000000135. The number of hydrogen-bond acceptors (Lipinski definition) is 18. The largest absolute Gasteiger partial charge is 0.390 e. The number of carbonyl (C=O) groups excluding carboxylic acids is 6. The SMILES string of the molecule is CC(C)(O)CC(=O)Nc1nc2cc(F)c(C3CC3)cc2n1C1CCC1.CC(C)(O)CC(=O)Nc1nc2cc(F)c(C3CC3)cc2n1C1CCC1.CC(C)(O)CC(=O)Nc1nc2cc(F)c(C3CC3)cc2n1C1CCC1.CCC(O)(CF)CC(=O)Nc1nc2cc(F)c(C3CC3)cc2n1C1CCC1.[C-]#[N+]c1cc(F)c2nc(NC(=O)CC(C)(C)O)n(C(C)(C)C)c2c1.[C-]#[N+]c1cc(F)c2nc(NC(=O)CC(C)(C)O)n(C(C)(C)C)c2c1. The van der Waals surface area contributed by atoms with Crippen LogP contribution in [0.25, 0.3) is 75.9 Å². The van der Waals surface area contributed by atoms with Crippen molar-refractivity contribution < 1.29 is 90.1 Å². The summed E-state index contributed by atoms with van der Waals surface area (Å²) in [6, 6.07) is 20.0. The molecule has 8 saturated carbocycles. The van der Waals surface area contributed by atoms with Crippen LogP contribution in [0.2, 0.25) is 0 Å². The van der Waals surface area contributed by atoms with Crippen molar-refractivity contribution in [2.75, 3.05) is 38.6 Å². The third-order valence-electron chi connectivity index (χ3n) is 27.9. The number of halogens is 7. The summed E-state index contributed by atoms with van der Waals surface area (Å²) in [5, 5.41) is 75.6. The van der Waals surface area contributed by atoms with Crippen molar-refractivity contribution in [1.29, 1.82) is 0 Å². The second-order valence-corrected chi connectivity index (χ2v) is 46.9. The molecule has 804 valence electrons. The van der Waals surface area contributed by atoms with Crippen LogP contribution in [0, 0.1) is 48.0 Å². The summed E-state index contributed by atoms with van der Waals surface area (Å²) in [4.78, 5) is 106. The van der Waals surface area contributed by atoms with Crippen LogP contribution >= 0.6 is 0 Å². The van der Waals surface area contributed by atoms with Gasteiger partial charge in [-0.15, -0.1) is 0 Å². The fraction of sp³-hybridized carbons (Fsp3) is 0.550. The van der Waals surface area contributed by atoms with Crippen LogP contribution in [0.5, 0.6) is 0 Å². The molecule has 6 amide bonds. The molecule has 6 aromatic heterocycles. The number of imidazole rings is 6. The lowest BCUT2D eigenvalue weighted by atomic mass is 9.92. The van der Waals surface area contributed by atoms with E-state index in [0.29, 0.717) is 92.8 Å². The van der Waals surface area contributed by atoms with E-state index < -0.39 is 80.7 Å². The molecule has 32 nitrogen and oxygen atoms in total. The molecule has 8 aliphatic carbocycles. The topological polar surface area (TPSA) is 412 Å². The van der Waals surface area contributed by atoms with Crippen LogP contribution in [-0.2, 0) is 39.8 Å². The Morgan fingerprint density at radius 2 is 0.533 bits per heavy atom. The predicted octanol–water partition coefficient (Wildman–Crippen LogP) is 23.0. The highest BCUT2D eigenvalue weighted by Gasteiger charge is 2.40. The van der Waals surface area contributed by atoms with Gasteiger partial charge in [-0.25, -0.2) is 70.3 Å². The molecule has 8 aliphatic rings. The molecule has 0 radical (unpaired) electrons. The fourth-order valence-electron chi connectivity index (χ4n) is 19.2. The lowest BCUT2D eigenvalue weighted by Crippen LogP contribution is -2.36. The lowest BCUT2D eigenvalue weighted by molar-refractivity contribution is -0.122. The minimum atomic E-state index is -1.66. The molecular formula is C111H139F7N20O12. The highest BCUT2D eigenvalue weighted by atomic mass is 19.2. The fourth-order valence-corrected chi connectivity index (χ4v) is 19.2. The van der Waals surface area contributed by atoms with Gasteiger partial charge in [-0.3, -0.25) is 60.7 Å². The smallest absolute Gasteiger partial charge is 0.229 e. The number of aliphatic hydroxyl groups is 6. The first-order valence-corrected chi connectivity index (χ1v) is 52.0. The van der Waals surface area contributed by atoms with Crippen molar-refractivity contribution in [2.45, 2.75) is 384 Å². The van der Waals surface area contributed by atoms with E-state index in [2.05, 4.69) is 71.5 Å². The van der Waals surface area contributed by atoms with E-state index in [1.807, 2.05) is 84.1 Å². The molecule has 20 rings (SSSR count). The molecule has 1 unspecified atom stereocenters. The van der Waals surface area contributed by atoms with E-state index in [1.165, 1.54) is 52.0 Å². The van der Waals surface area contributed by atoms with Gasteiger partial charge in [-0.1, -0.05) is 6.92 Å². The first-order valence-electron chi connectivity index (χ1n) is 52.0. The summed E-state index contributed by atoms with van der Waals surface area (Å²) >= 11 is 0. The number of aromatic nitrogens is 12. The van der Waals surface area contributed by atoms with Gasteiger partial charge in [0, 0.05) is 59.5 Å². The van der Waals surface area contributed by atoms with Crippen molar-refractivity contribution in [3.63, 3.8) is 0 Å². The summed E-state index contributed by atoms with van der Waals surface area (Å²) in [6.45, 7) is 41.9. The maximum absolute atomic E-state index is 14.4. The van der Waals surface area contributed by atoms with E-state index >= 15 is 0 Å². The molecule has 6 aromatic carbocycles. The van der Waals surface area contributed by atoms with Crippen LogP contribution in [0.1, 0.15) is 361 Å². The average Bonchev–Trinajstić information content (AvgIpc) is 1.48. The number of carbonyl (C=O) groups is 6. The van der Waals surface area contributed by atoms with E-state index in [9.17, 15) is 90.1 Å². The van der Waals surface area contributed by atoms with Crippen molar-refractivity contribution in [3.05, 3.63) is 153 Å². The molecule has 0 aliphatic heterocycles. The van der Waals surface area contributed by atoms with Gasteiger partial charge in [0.2, 0.25) is 71.1 Å². The Hall–Kier alpha value is -12.8. The van der Waals surface area contributed by atoms with Crippen molar-refractivity contribution in [1.82, 2.24) is 57.3 Å². The molecule has 12 N–H and O–H groups in total. The summed E-state index contributed by atoms with van der Waals surface area (Å²) in [5.41, 5.74) is 1.93. The number of alkyl halides is 1. The minimum absolute atomic E-state index is 0.0114. The van der Waals surface area contributed by atoms with Gasteiger partial charge in [0.25, 0.3) is 0 Å². The number of nitrogens with zero attached hydrogens (tertiary/aromatic N) is 14. The van der Waals surface area contributed by atoms with Crippen LogP contribution in [0.3, 0.4) is 0 Å². The number of anilines is 6. The zero-order valence-corrected chi connectivity index (χ0v) is 88.4. The summed E-state index contributed by atoms with van der Waals surface area (Å²) < 4.78 is 111. The highest BCUT2D eigenvalue weighted by molar-refractivity contribution is 5.98. The van der Waals surface area contributed by atoms with Gasteiger partial charge in [-0.05, 0) is 340 Å². The van der Waals surface area contributed by atoms with Gasteiger partial charge in [0.1, 0.15) is 58.2 Å². The number of rotatable bonds is 28. The Morgan fingerprint density at radius 3 is 0.713 bits per heavy atom. The van der Waals surface area contributed by atoms with Crippen LogP contribution < -0.4 is 31.9 Å². The summed E-state index contributed by atoms with van der Waals surface area (Å²) in [6.07, 6.45) is 20.5. The second-order valence-electron chi connectivity index (χ2n) is 46.9. The van der Waals surface area contributed by atoms with Crippen LogP contribution in [0.4, 0.5) is 77.8 Å². The van der Waals surface area contributed by atoms with Crippen LogP contribution in [0.15, 0.2) is 72.8 Å². The number of benzene rings is 6. The van der Waals surface area contributed by atoms with E-state index in [4.69, 9.17) is 13.1 Å². The van der Waals surface area contributed by atoms with Crippen molar-refractivity contribution in [2.24, 2.45) is 0 Å². The molecule has 6 heterocycles. The van der Waals surface area contributed by atoms with E-state index in [0.717, 1.165) is 185 Å². The Morgan fingerprint density at radius 1 is 0.313 bits per heavy atom. The maximum Gasteiger partial charge on any atom is 0.229 e. The lowest BCUT2D eigenvalue weighted by Gasteiger charge is -2.29. The quantitative estimate of drug-likeness (QED) is 0.0160. The number of nitrogens with one attached hydrogen (secondary N) is 6. The van der Waals surface area contributed by atoms with Crippen molar-refractivity contribution >= 4 is 149 Å². The Bertz CT molecular complexity index is 6740. The average molecular weight is 2080 g/mol. The van der Waals surface area contributed by atoms with Gasteiger partial charge in [-0.2, -0.15) is 0 Å². The zero-order chi connectivity index (χ0) is 109. The number of fused-ring (bicyclic) bond motifs is 6. The molecule has 0 bridgehead atoms. The molecule has 1 atom stereocenters. The first kappa shape index (κ1) is 111. The first-order chi connectivity index (χ1) is 70.2. The van der Waals surface area contributed by atoms with Gasteiger partial charge < -0.3 is 58.0 Å². The van der Waals surface area contributed by atoms with Gasteiger partial charge in [0.05, 0.1) is 135 Å². The van der Waals surface area contributed by atoms with E-state index in [-0.39, 0.29) is 132 Å². The van der Waals surface area contributed by atoms with Crippen molar-refractivity contribution in [3.8, 4) is 0 Å². The van der Waals surface area contributed by atoms with Gasteiger partial charge in [0.15, 0.2) is 11.4 Å². The van der Waals surface area contributed by atoms with Crippen LogP contribution in [-0.4, -0.2) is 164 Å². The third-order valence-corrected chi connectivity index (χ3v) is 27.9. The standard InChI is InChI=1S/C20H25F2N3O2.3C19H24FN3O2.2C17H21FN4O2/c1-2-20(27,11-21)10-18(26)24-19-23-16-9-15(22)14(12-6-7-12)8-17(16)25(19)13-4-3-5-13;3*1-19(2,25)10-17(24)22-18-21-15-9-14(20)13(11-6-7-11)8-16(15)23(18)12-4-3-5-12;2*1-16(2,3)22-12-8-10(19-6)7-11(18)14(12)21-15(22)20-13(23)9-17(4,5)24/h8-9,12-13,27H,2-7,10-11H2,1H3,(H,23,24,26);3*8-9,11-12,25H,3-7,10H2,1-2H3,(H,21,22,24);2*7-8,24H,9H2,1-5H3,(H,20,21,23). The molecule has 0 saturated heterocycles. The molecule has 39 heteroatoms. The molecule has 0 spiro atoms. The summed E-state index contributed by atoms with van der Waals surface area (Å²) in [5.74, 6) is -0.934. The Labute approximate surface area is 866 Å². The molecule has 8 fully saturated rings. The molecule has 150 heavy (non-hydrogen) atoms. The summed E-state index contributed by atoms with van der Waals surface area (Å²) in [7, 11) is 0. The number of amides is 6. The maximum atomic E-state index is 14.4. The molecule has 12 aromatic rings. The monoisotopic (exact) mass is 2080 g/mol. The zero-order valence-electron chi connectivity index (χ0n) is 88.4. The van der Waals surface area contributed by atoms with Gasteiger partial charge >= 0.3 is 0 Å². The third kappa shape index (κ3) is 27.2. The Kier molecular flexibility index (Phi) is 32.3. The normalized spacial score (nSPS) is 16.7. The second kappa shape index (κ2) is 43.5. The predicted molar refractivity (Wildman–Crippen MR) is 562 cm³/mol. The minimum Gasteiger partial charge on any atom is -0.390 e. The highest BCUT2D eigenvalue weighted by Crippen LogP contribution is 2.51. The van der Waals surface area contributed by atoms with E-state index in [1.54, 1.807) is 69.7 Å². The molecular weight excluding hydrogens is 1940 g/mol.